The van der Waals surface area contributed by atoms with Gasteiger partial charge in [0.1, 0.15) is 6.07 Å². The monoisotopic (exact) mass is 1170 g/mol. The first-order chi connectivity index (χ1) is 41.1. The maximum atomic E-state index is 14.4. The summed E-state index contributed by atoms with van der Waals surface area (Å²) in [6, 6.07) is 52.8. The number of halogens is 12. The number of nitriles is 1. The number of para-hydroxylation sites is 2. The molecule has 0 saturated heterocycles. The molecule has 13 aromatic rings. The van der Waals surface area contributed by atoms with Crippen molar-refractivity contribution in [2.75, 3.05) is 0 Å². The summed E-state index contributed by atoms with van der Waals surface area (Å²) >= 11 is 0. The van der Waals surface area contributed by atoms with E-state index in [2.05, 4.69) is 6.07 Å². The number of rotatable bonds is 8. The Morgan fingerprint density at radius 3 is 1.17 bits per heavy atom. The Labute approximate surface area is 479 Å². The minimum absolute atomic E-state index is 0.0225. The van der Waals surface area contributed by atoms with E-state index in [9.17, 15) is 57.9 Å². The molecule has 0 N–H and O–H groups in total. The molecule has 4 aromatic heterocycles. The average molecular weight is 1170 g/mol. The summed E-state index contributed by atoms with van der Waals surface area (Å²) in [6.45, 7) is 0. The van der Waals surface area contributed by atoms with Crippen molar-refractivity contribution in [3.05, 3.63) is 240 Å². The van der Waals surface area contributed by atoms with Gasteiger partial charge in [0.05, 0.1) is 61.3 Å². The van der Waals surface area contributed by atoms with E-state index in [0.717, 1.165) is 21.8 Å². The van der Waals surface area contributed by atoms with Crippen molar-refractivity contribution in [2.45, 2.75) is 24.7 Å². The second-order valence-corrected chi connectivity index (χ2v) is 20.2. The van der Waals surface area contributed by atoms with E-state index >= 15 is 0 Å². The highest BCUT2D eigenvalue weighted by Gasteiger charge is 2.39. The fourth-order valence-electron chi connectivity index (χ4n) is 11.0. The molecule has 0 spiro atoms. The summed E-state index contributed by atoms with van der Waals surface area (Å²) in [5.74, 6) is 0.686. The highest BCUT2D eigenvalue weighted by atomic mass is 19.4. The number of pyridine rings is 1. The highest BCUT2D eigenvalue weighted by molar-refractivity contribution is 6.13. The average Bonchev–Trinajstić information content (AvgIpc) is 1.60. The van der Waals surface area contributed by atoms with Crippen molar-refractivity contribution in [2.24, 2.45) is 0 Å². The molecular formula is C67H35F12N7. The zero-order valence-corrected chi connectivity index (χ0v) is 43.9. The molecule has 0 atom stereocenters. The van der Waals surface area contributed by atoms with Gasteiger partial charge in [0.25, 0.3) is 0 Å². The van der Waals surface area contributed by atoms with Gasteiger partial charge < -0.3 is 9.13 Å². The van der Waals surface area contributed by atoms with Crippen LogP contribution in [0.15, 0.2) is 212 Å². The minimum atomic E-state index is -5.23. The maximum Gasteiger partial charge on any atom is 0.416 e. The first kappa shape index (κ1) is 54.6. The first-order valence-corrected chi connectivity index (χ1v) is 26.2. The van der Waals surface area contributed by atoms with Crippen LogP contribution in [0.4, 0.5) is 52.7 Å². The first-order valence-electron chi connectivity index (χ1n) is 26.2. The summed E-state index contributed by atoms with van der Waals surface area (Å²) < 4.78 is 176. The summed E-state index contributed by atoms with van der Waals surface area (Å²) in [5.41, 5.74) is -3.09. The van der Waals surface area contributed by atoms with Crippen LogP contribution >= 0.6 is 0 Å². The van der Waals surface area contributed by atoms with Gasteiger partial charge in [0.15, 0.2) is 17.5 Å². The van der Waals surface area contributed by atoms with E-state index in [1.54, 1.807) is 29.0 Å². The third-order valence-electron chi connectivity index (χ3n) is 14.9. The zero-order chi connectivity index (χ0) is 60.0. The Morgan fingerprint density at radius 2 is 0.744 bits per heavy atom. The van der Waals surface area contributed by atoms with Crippen LogP contribution in [0.2, 0.25) is 0 Å². The standard InChI is InChI=1S/C67H35F12N7/c68-64(69,70)45-26-41(27-46(33-45)65(71,72)73)39-19-21-58-52(30-39)53-31-40(42-28-47(66(74,75)76)34-48(29-42)67(77,78)79)20-22-59(53)86(58)60-44(36-80)25-43(63-83-61(37-11-3-1-4-12-37)82-62(84-63)38-13-5-2-6-14-38)32-54(60)55-35-49(23-24-81-55)85-56-17-9-7-15-50(56)51-16-8-10-18-57(51)85/h1-35H. The van der Waals surface area contributed by atoms with Crippen LogP contribution < -0.4 is 0 Å². The largest absolute Gasteiger partial charge is 0.416 e. The van der Waals surface area contributed by atoms with Gasteiger partial charge in [-0.3, -0.25) is 4.98 Å². The fourth-order valence-corrected chi connectivity index (χ4v) is 11.0. The Hall–Kier alpha value is -10.6. The quantitative estimate of drug-likeness (QED) is 0.142. The van der Waals surface area contributed by atoms with Crippen LogP contribution in [0, 0.1) is 11.3 Å². The van der Waals surface area contributed by atoms with Gasteiger partial charge >= 0.3 is 24.7 Å². The molecule has 422 valence electrons. The van der Waals surface area contributed by atoms with E-state index in [1.165, 1.54) is 42.5 Å². The van der Waals surface area contributed by atoms with Gasteiger partial charge in [-0.15, -0.1) is 0 Å². The number of alkyl halides is 12. The molecule has 4 heterocycles. The molecule has 0 radical (unpaired) electrons. The van der Waals surface area contributed by atoms with E-state index in [0.29, 0.717) is 46.6 Å². The molecule has 0 unspecified atom stereocenters. The lowest BCUT2D eigenvalue weighted by Crippen LogP contribution is -2.11. The third kappa shape index (κ3) is 9.87. The second-order valence-electron chi connectivity index (χ2n) is 20.2. The number of aromatic nitrogens is 6. The van der Waals surface area contributed by atoms with Crippen molar-refractivity contribution in [1.29, 1.82) is 5.26 Å². The SMILES string of the molecule is N#Cc1cc(-c2nc(-c3ccccc3)nc(-c3ccccc3)n2)cc(-c2cc(-n3c4ccccc4c4ccccc43)ccn2)c1-n1c2ccc(-c3cc(C(F)(F)F)cc(C(F)(F)F)c3)cc2c2cc(-c3cc(C(F)(F)F)cc(C(F)(F)F)c3)ccc21. The number of benzene rings is 9. The summed E-state index contributed by atoms with van der Waals surface area (Å²) in [6.07, 6.45) is -19.4. The van der Waals surface area contributed by atoms with E-state index < -0.39 is 58.1 Å². The molecule has 0 fully saturated rings. The Morgan fingerprint density at radius 1 is 0.337 bits per heavy atom. The molecule has 86 heavy (non-hydrogen) atoms. The molecule has 0 bridgehead atoms. The van der Waals surface area contributed by atoms with Crippen molar-refractivity contribution in [3.8, 4) is 85.1 Å². The van der Waals surface area contributed by atoms with Gasteiger partial charge in [-0.1, -0.05) is 109 Å². The Bertz CT molecular complexity index is 4590. The van der Waals surface area contributed by atoms with E-state index in [-0.39, 0.29) is 85.0 Å². The van der Waals surface area contributed by atoms with Crippen LogP contribution in [0.25, 0.3) is 123 Å². The predicted octanol–water partition coefficient (Wildman–Crippen LogP) is 19.4. The summed E-state index contributed by atoms with van der Waals surface area (Å²) in [7, 11) is 0. The normalized spacial score (nSPS) is 12.4. The number of fused-ring (bicyclic) bond motifs is 6. The molecule has 9 aromatic carbocycles. The number of nitrogens with zero attached hydrogens (tertiary/aromatic N) is 7. The van der Waals surface area contributed by atoms with Crippen molar-refractivity contribution in [1.82, 2.24) is 29.1 Å². The van der Waals surface area contributed by atoms with Crippen LogP contribution in [0.3, 0.4) is 0 Å². The lowest BCUT2D eigenvalue weighted by atomic mass is 9.96. The lowest BCUT2D eigenvalue weighted by Gasteiger charge is -2.18. The highest BCUT2D eigenvalue weighted by Crippen LogP contribution is 2.46. The number of hydrogen-bond donors (Lipinski definition) is 0. The van der Waals surface area contributed by atoms with Gasteiger partial charge in [0.2, 0.25) is 0 Å². The molecule has 13 rings (SSSR count). The van der Waals surface area contributed by atoms with E-state index in [4.69, 9.17) is 19.9 Å². The van der Waals surface area contributed by atoms with Crippen molar-refractivity contribution >= 4 is 43.6 Å². The molecule has 0 aliphatic rings. The second kappa shape index (κ2) is 20.3. The molecule has 0 aliphatic heterocycles. The van der Waals surface area contributed by atoms with Gasteiger partial charge in [-0.2, -0.15) is 57.9 Å². The van der Waals surface area contributed by atoms with Crippen molar-refractivity contribution in [3.63, 3.8) is 0 Å². The third-order valence-corrected chi connectivity index (χ3v) is 14.9. The lowest BCUT2D eigenvalue weighted by molar-refractivity contribution is -0.144. The smallest absolute Gasteiger partial charge is 0.309 e. The van der Waals surface area contributed by atoms with Gasteiger partial charge in [0, 0.05) is 55.7 Å². The van der Waals surface area contributed by atoms with Crippen LogP contribution in [-0.4, -0.2) is 29.1 Å². The Balaban J connectivity index is 1.13. The maximum absolute atomic E-state index is 14.4. The van der Waals surface area contributed by atoms with Gasteiger partial charge in [-0.05, 0) is 119 Å². The fraction of sp³-hybridized carbons (Fsp3) is 0.0597. The summed E-state index contributed by atoms with van der Waals surface area (Å²) in [4.78, 5) is 19.6. The molecular weight excluding hydrogens is 1130 g/mol. The van der Waals surface area contributed by atoms with Crippen LogP contribution in [-0.2, 0) is 24.7 Å². The minimum Gasteiger partial charge on any atom is -0.309 e. The van der Waals surface area contributed by atoms with Crippen LogP contribution in [0.5, 0.6) is 0 Å². The topological polar surface area (TPSA) is 85.2 Å². The molecule has 7 nitrogen and oxygen atoms in total. The van der Waals surface area contributed by atoms with Gasteiger partial charge in [-0.25, -0.2) is 15.0 Å². The molecule has 0 saturated carbocycles. The predicted molar refractivity (Wildman–Crippen MR) is 304 cm³/mol. The molecule has 0 aliphatic carbocycles. The molecule has 19 heteroatoms. The van der Waals surface area contributed by atoms with E-state index in [1.807, 2.05) is 114 Å². The zero-order valence-electron chi connectivity index (χ0n) is 43.9. The van der Waals surface area contributed by atoms with Crippen molar-refractivity contribution < 1.29 is 52.7 Å². The van der Waals surface area contributed by atoms with Crippen LogP contribution in [0.1, 0.15) is 27.8 Å². The Kier molecular flexibility index (Phi) is 12.9. The number of hydrogen-bond acceptors (Lipinski definition) is 5. The molecule has 0 amide bonds. The summed E-state index contributed by atoms with van der Waals surface area (Å²) in [5, 5.41) is 13.6.